The van der Waals surface area contributed by atoms with E-state index in [1.54, 1.807) is 0 Å². The van der Waals surface area contributed by atoms with E-state index in [-0.39, 0.29) is 0 Å². The summed E-state index contributed by atoms with van der Waals surface area (Å²) >= 11 is 1.87. The molecule has 0 unspecified atom stereocenters. The van der Waals surface area contributed by atoms with Crippen molar-refractivity contribution < 1.29 is 0 Å². The molecule has 0 saturated carbocycles. The van der Waals surface area contributed by atoms with Crippen molar-refractivity contribution in [1.29, 1.82) is 0 Å². The molecule has 0 aliphatic rings. The fourth-order valence-corrected chi connectivity index (χ4v) is 9.76. The van der Waals surface area contributed by atoms with Crippen LogP contribution in [0.5, 0.6) is 0 Å². The molecule has 1 aromatic heterocycles. The summed E-state index contributed by atoms with van der Waals surface area (Å²) in [5, 5.41) is 12.5. The summed E-state index contributed by atoms with van der Waals surface area (Å²) in [6, 6.07) is 83.0. The lowest BCUT2D eigenvalue weighted by atomic mass is 9.93. The SMILES string of the molecule is c1ccc(Nc2ccc(-c3ccc(-c4ccc(Nc5ccc6ccccc6c5)c(-c5ccc(-c6cccc7c6sc6ccccc67)cc5)c4)cc3)cc2-c2ccccc2)cc1. The molecule has 2 nitrogen and oxygen atoms in total. The summed E-state index contributed by atoms with van der Waals surface area (Å²) in [6.45, 7) is 0. The van der Waals surface area contributed by atoms with Crippen molar-refractivity contribution in [2.45, 2.75) is 0 Å². The van der Waals surface area contributed by atoms with E-state index in [4.69, 9.17) is 0 Å². The second-order valence-corrected chi connectivity index (χ2v) is 16.6. The highest BCUT2D eigenvalue weighted by molar-refractivity contribution is 7.26. The Morgan fingerprint density at radius 2 is 0.787 bits per heavy atom. The van der Waals surface area contributed by atoms with Gasteiger partial charge in [0.1, 0.15) is 0 Å². The Labute approximate surface area is 360 Å². The number of hydrogen-bond acceptors (Lipinski definition) is 3. The molecular weight excluding hydrogens is 757 g/mol. The number of thiophene rings is 1. The van der Waals surface area contributed by atoms with Gasteiger partial charge in [0.25, 0.3) is 0 Å². The van der Waals surface area contributed by atoms with Gasteiger partial charge in [-0.25, -0.2) is 0 Å². The van der Waals surface area contributed by atoms with Crippen LogP contribution in [0.4, 0.5) is 22.7 Å². The molecule has 0 fully saturated rings. The fraction of sp³-hybridized carbons (Fsp3) is 0. The Bertz CT molecular complexity index is 3330. The van der Waals surface area contributed by atoms with Crippen LogP contribution in [-0.2, 0) is 0 Å². The molecule has 3 heteroatoms. The van der Waals surface area contributed by atoms with Crippen molar-refractivity contribution >= 4 is 65.0 Å². The molecule has 0 saturated heterocycles. The maximum Gasteiger partial charge on any atom is 0.0464 e. The monoisotopic (exact) mass is 796 g/mol. The van der Waals surface area contributed by atoms with E-state index in [0.717, 1.165) is 45.0 Å². The zero-order chi connectivity index (χ0) is 40.5. The number of anilines is 4. The van der Waals surface area contributed by atoms with Crippen LogP contribution in [-0.4, -0.2) is 0 Å². The van der Waals surface area contributed by atoms with Crippen molar-refractivity contribution in [3.63, 3.8) is 0 Å². The number of benzene rings is 10. The average molecular weight is 797 g/mol. The molecule has 1 heterocycles. The Morgan fingerprint density at radius 1 is 0.279 bits per heavy atom. The normalized spacial score (nSPS) is 11.3. The molecule has 11 aromatic rings. The summed E-state index contributed by atoms with van der Waals surface area (Å²) in [4.78, 5) is 0. The van der Waals surface area contributed by atoms with Crippen LogP contribution >= 0.6 is 11.3 Å². The van der Waals surface area contributed by atoms with Gasteiger partial charge in [0, 0.05) is 54.0 Å². The first-order chi connectivity index (χ1) is 30.2. The molecule has 0 spiro atoms. The molecule has 61 heavy (non-hydrogen) atoms. The molecule has 0 bridgehead atoms. The number of fused-ring (bicyclic) bond motifs is 4. The van der Waals surface area contributed by atoms with Gasteiger partial charge in [-0.3, -0.25) is 0 Å². The van der Waals surface area contributed by atoms with Gasteiger partial charge >= 0.3 is 0 Å². The van der Waals surface area contributed by atoms with E-state index in [1.807, 2.05) is 17.4 Å². The van der Waals surface area contributed by atoms with Crippen LogP contribution in [0.25, 0.3) is 86.6 Å². The Kier molecular flexibility index (Phi) is 9.42. The van der Waals surface area contributed by atoms with Crippen LogP contribution in [0, 0.1) is 0 Å². The minimum Gasteiger partial charge on any atom is -0.355 e. The lowest BCUT2D eigenvalue weighted by Gasteiger charge is -2.16. The second-order valence-electron chi connectivity index (χ2n) is 15.5. The van der Waals surface area contributed by atoms with Crippen LogP contribution in [0.3, 0.4) is 0 Å². The summed E-state index contributed by atoms with van der Waals surface area (Å²) in [7, 11) is 0. The average Bonchev–Trinajstić information content (AvgIpc) is 3.72. The number of para-hydroxylation sites is 1. The van der Waals surface area contributed by atoms with Gasteiger partial charge in [0.05, 0.1) is 0 Å². The third-order valence-corrected chi connectivity index (χ3v) is 12.9. The molecule has 0 aliphatic carbocycles. The lowest BCUT2D eigenvalue weighted by Crippen LogP contribution is -1.95. The van der Waals surface area contributed by atoms with Gasteiger partial charge in [-0.1, -0.05) is 176 Å². The maximum atomic E-state index is 3.79. The summed E-state index contributed by atoms with van der Waals surface area (Å²) in [6.07, 6.45) is 0. The largest absolute Gasteiger partial charge is 0.355 e. The van der Waals surface area contributed by atoms with E-state index in [0.29, 0.717) is 0 Å². The van der Waals surface area contributed by atoms with E-state index < -0.39 is 0 Å². The molecule has 0 amide bonds. The first-order valence-corrected chi connectivity index (χ1v) is 21.6. The van der Waals surface area contributed by atoms with Gasteiger partial charge in [-0.05, 0) is 110 Å². The molecule has 288 valence electrons. The highest BCUT2D eigenvalue weighted by Crippen LogP contribution is 2.42. The molecule has 11 rings (SSSR count). The second kappa shape index (κ2) is 15.8. The molecule has 0 atom stereocenters. The van der Waals surface area contributed by atoms with Gasteiger partial charge in [-0.15, -0.1) is 11.3 Å². The predicted molar refractivity (Wildman–Crippen MR) is 263 cm³/mol. The van der Waals surface area contributed by atoms with Crippen molar-refractivity contribution in [2.75, 3.05) is 10.6 Å². The van der Waals surface area contributed by atoms with E-state index in [2.05, 4.69) is 235 Å². The molecule has 0 aliphatic heterocycles. The highest BCUT2D eigenvalue weighted by Gasteiger charge is 2.14. The smallest absolute Gasteiger partial charge is 0.0464 e. The third kappa shape index (κ3) is 7.22. The van der Waals surface area contributed by atoms with Crippen LogP contribution in [0.2, 0.25) is 0 Å². The predicted octanol–water partition coefficient (Wildman–Crippen LogP) is 17.0. The molecule has 0 radical (unpaired) electrons. The molecule has 2 N–H and O–H groups in total. The first-order valence-electron chi connectivity index (χ1n) is 20.7. The number of rotatable bonds is 9. The lowest BCUT2D eigenvalue weighted by molar-refractivity contribution is 1.52. The van der Waals surface area contributed by atoms with Gasteiger partial charge in [0.15, 0.2) is 0 Å². The maximum absolute atomic E-state index is 3.79. The van der Waals surface area contributed by atoms with Crippen molar-refractivity contribution in [2.24, 2.45) is 0 Å². The van der Waals surface area contributed by atoms with Gasteiger partial charge in [0.2, 0.25) is 0 Å². The molecule has 10 aromatic carbocycles. The van der Waals surface area contributed by atoms with E-state index in [9.17, 15) is 0 Å². The summed E-state index contributed by atoms with van der Waals surface area (Å²) in [5.41, 5.74) is 16.1. The highest BCUT2D eigenvalue weighted by atomic mass is 32.1. The molecular formula is C58H40N2S. The number of nitrogens with one attached hydrogen (secondary N) is 2. The van der Waals surface area contributed by atoms with Crippen LogP contribution in [0.15, 0.2) is 231 Å². The third-order valence-electron chi connectivity index (χ3n) is 11.7. The topological polar surface area (TPSA) is 24.1 Å². The minimum absolute atomic E-state index is 1.06. The van der Waals surface area contributed by atoms with Crippen LogP contribution < -0.4 is 10.6 Å². The Morgan fingerprint density at radius 3 is 1.48 bits per heavy atom. The standard InChI is InChI=1S/C58H40N2S/c1-3-13-42(14-4-1)53-37-46(31-34-55(53)59-48-16-5-2-6-17-48)40-22-24-41(25-23-40)47-32-35-56(60-49-33-30-39-12-7-8-15-45(39)36-49)54(38-47)44-28-26-43(27-29-44)50-19-11-20-52-51-18-9-10-21-57(51)61-58(50)52/h1-38,59-60H. The zero-order valence-corrected chi connectivity index (χ0v) is 34.2. The van der Waals surface area contributed by atoms with Gasteiger partial charge in [-0.2, -0.15) is 0 Å². The summed E-state index contributed by atoms with van der Waals surface area (Å²) in [5.74, 6) is 0. The van der Waals surface area contributed by atoms with Crippen molar-refractivity contribution in [1.82, 2.24) is 0 Å². The summed E-state index contributed by atoms with van der Waals surface area (Å²) < 4.78 is 2.65. The Hall–Kier alpha value is -7.72. The van der Waals surface area contributed by atoms with Crippen molar-refractivity contribution in [3.05, 3.63) is 231 Å². The van der Waals surface area contributed by atoms with E-state index >= 15 is 0 Å². The Balaban J connectivity index is 0.948. The van der Waals surface area contributed by atoms with Gasteiger partial charge < -0.3 is 10.6 Å². The fourth-order valence-electron chi connectivity index (χ4n) is 8.52. The quantitative estimate of drug-likeness (QED) is 0.152. The van der Waals surface area contributed by atoms with E-state index in [1.165, 1.54) is 64.3 Å². The van der Waals surface area contributed by atoms with Crippen molar-refractivity contribution in [3.8, 4) is 55.6 Å². The number of hydrogen-bond donors (Lipinski definition) is 2. The minimum atomic E-state index is 1.06. The zero-order valence-electron chi connectivity index (χ0n) is 33.3. The van der Waals surface area contributed by atoms with Crippen LogP contribution in [0.1, 0.15) is 0 Å². The first kappa shape index (κ1) is 36.4.